The van der Waals surface area contributed by atoms with Crippen LogP contribution in [0.1, 0.15) is 49.1 Å². The fourth-order valence-corrected chi connectivity index (χ4v) is 3.58. The van der Waals surface area contributed by atoms with E-state index in [1.165, 1.54) is 0 Å². The minimum atomic E-state index is -4.45. The first-order valence-corrected chi connectivity index (χ1v) is 7.56. The molecule has 2 heterocycles. The maximum atomic E-state index is 12.6. The van der Waals surface area contributed by atoms with Crippen molar-refractivity contribution < 1.29 is 18.3 Å². The third-order valence-corrected chi connectivity index (χ3v) is 5.26. The Bertz CT molecular complexity index is 457. The average molecular weight is 308 g/mol. The van der Waals surface area contributed by atoms with Gasteiger partial charge in [-0.15, -0.1) is 11.3 Å². The van der Waals surface area contributed by atoms with Gasteiger partial charge in [0.2, 0.25) is 0 Å². The van der Waals surface area contributed by atoms with Gasteiger partial charge in [0, 0.05) is 11.7 Å². The lowest BCUT2D eigenvalue weighted by molar-refractivity contribution is -0.137. The molecule has 20 heavy (non-hydrogen) atoms. The van der Waals surface area contributed by atoms with Gasteiger partial charge in [-0.3, -0.25) is 4.90 Å². The van der Waals surface area contributed by atoms with E-state index in [-0.39, 0.29) is 4.88 Å². The average Bonchev–Trinajstić information content (AvgIpc) is 3.06. The zero-order valence-corrected chi connectivity index (χ0v) is 12.4. The molecule has 2 atom stereocenters. The van der Waals surface area contributed by atoms with Gasteiger partial charge in [-0.25, -0.2) is 4.98 Å². The molecule has 2 rings (SSSR count). The summed E-state index contributed by atoms with van der Waals surface area (Å²) in [6.07, 6.45) is -1.43. The van der Waals surface area contributed by atoms with Gasteiger partial charge in [-0.1, -0.05) is 6.92 Å². The molecule has 0 amide bonds. The largest absolute Gasteiger partial charge is 0.443 e. The first-order valence-electron chi connectivity index (χ1n) is 6.75. The summed E-state index contributed by atoms with van der Waals surface area (Å²) < 4.78 is 37.8. The molecule has 1 fully saturated rings. The van der Waals surface area contributed by atoms with Crippen LogP contribution < -0.4 is 0 Å². The molecule has 1 N–H and O–H groups in total. The Kier molecular flexibility index (Phi) is 4.41. The number of likely N-dealkylation sites (tertiary alicyclic amines) is 1. The van der Waals surface area contributed by atoms with Crippen LogP contribution in [-0.4, -0.2) is 33.6 Å². The Morgan fingerprint density at radius 1 is 1.40 bits per heavy atom. The maximum Gasteiger partial charge on any atom is 0.443 e. The van der Waals surface area contributed by atoms with Crippen LogP contribution >= 0.6 is 11.3 Å². The SMILES string of the molecule is CCC(C)(C(O)c1cnc(C(F)(F)F)s1)N1CCCC1. The first kappa shape index (κ1) is 15.7. The van der Waals surface area contributed by atoms with E-state index in [4.69, 9.17) is 0 Å². The highest BCUT2D eigenvalue weighted by Gasteiger charge is 2.42. The van der Waals surface area contributed by atoms with Crippen molar-refractivity contribution in [2.24, 2.45) is 0 Å². The van der Waals surface area contributed by atoms with Crippen LogP contribution in [0.4, 0.5) is 13.2 Å². The lowest BCUT2D eigenvalue weighted by atomic mass is 9.89. The number of aliphatic hydroxyl groups excluding tert-OH is 1. The number of nitrogens with zero attached hydrogens (tertiary/aromatic N) is 2. The molecule has 2 unspecified atom stereocenters. The summed E-state index contributed by atoms with van der Waals surface area (Å²) in [6, 6.07) is 0. The first-order chi connectivity index (χ1) is 9.29. The fourth-order valence-electron chi connectivity index (χ4n) is 2.67. The van der Waals surface area contributed by atoms with E-state index in [2.05, 4.69) is 9.88 Å². The molecule has 0 radical (unpaired) electrons. The third-order valence-electron chi connectivity index (χ3n) is 4.17. The third kappa shape index (κ3) is 2.84. The van der Waals surface area contributed by atoms with E-state index >= 15 is 0 Å². The maximum absolute atomic E-state index is 12.6. The number of hydrogen-bond donors (Lipinski definition) is 1. The van der Waals surface area contributed by atoms with E-state index < -0.39 is 22.8 Å². The van der Waals surface area contributed by atoms with Gasteiger partial charge in [0.15, 0.2) is 5.01 Å². The van der Waals surface area contributed by atoms with E-state index in [0.717, 1.165) is 32.1 Å². The molecule has 1 aliphatic rings. The Morgan fingerprint density at radius 3 is 2.45 bits per heavy atom. The highest BCUT2D eigenvalue weighted by atomic mass is 32.1. The van der Waals surface area contributed by atoms with Crippen LogP contribution in [0.25, 0.3) is 0 Å². The van der Waals surface area contributed by atoms with Gasteiger partial charge >= 0.3 is 6.18 Å². The predicted octanol–water partition coefficient (Wildman–Crippen LogP) is 3.46. The van der Waals surface area contributed by atoms with Gasteiger partial charge in [0.25, 0.3) is 0 Å². The molecule has 1 aliphatic heterocycles. The van der Waals surface area contributed by atoms with Crippen molar-refractivity contribution in [3.05, 3.63) is 16.1 Å². The predicted molar refractivity (Wildman–Crippen MR) is 71.6 cm³/mol. The summed E-state index contributed by atoms with van der Waals surface area (Å²) in [5.74, 6) is 0. The molecule has 0 aromatic carbocycles. The highest BCUT2D eigenvalue weighted by Crippen LogP contribution is 2.41. The summed E-state index contributed by atoms with van der Waals surface area (Å²) in [6.45, 7) is 5.63. The number of rotatable bonds is 4. The van der Waals surface area contributed by atoms with Crippen molar-refractivity contribution in [1.29, 1.82) is 0 Å². The zero-order chi connectivity index (χ0) is 15.0. The second-order valence-electron chi connectivity index (χ2n) is 5.37. The Labute approximate surface area is 120 Å². The molecule has 1 aromatic rings. The molecular weight excluding hydrogens is 289 g/mol. The van der Waals surface area contributed by atoms with Crippen molar-refractivity contribution >= 4 is 11.3 Å². The standard InChI is InChI=1S/C13H19F3N2OS/c1-3-12(2,18-6-4-5-7-18)10(19)9-8-17-11(20-9)13(14,15)16/h8,10,19H,3-7H2,1-2H3. The molecule has 7 heteroatoms. The molecule has 0 aliphatic carbocycles. The minimum Gasteiger partial charge on any atom is -0.386 e. The van der Waals surface area contributed by atoms with Crippen LogP contribution in [0, 0.1) is 0 Å². The summed E-state index contributed by atoms with van der Waals surface area (Å²) in [4.78, 5) is 5.85. The summed E-state index contributed by atoms with van der Waals surface area (Å²) in [7, 11) is 0. The molecule has 1 saturated heterocycles. The van der Waals surface area contributed by atoms with Gasteiger partial charge in [-0.05, 0) is 39.3 Å². The molecule has 0 bridgehead atoms. The van der Waals surface area contributed by atoms with Crippen molar-refractivity contribution in [2.45, 2.75) is 50.9 Å². The number of halogens is 3. The molecule has 3 nitrogen and oxygen atoms in total. The van der Waals surface area contributed by atoms with Crippen molar-refractivity contribution in [1.82, 2.24) is 9.88 Å². The summed E-state index contributed by atoms with van der Waals surface area (Å²) in [5, 5.41) is 9.64. The number of aliphatic hydroxyl groups is 1. The van der Waals surface area contributed by atoms with Crippen LogP contribution in [-0.2, 0) is 6.18 Å². The highest BCUT2D eigenvalue weighted by molar-refractivity contribution is 7.11. The molecular formula is C13H19F3N2OS. The summed E-state index contributed by atoms with van der Waals surface area (Å²) >= 11 is 0.536. The molecule has 0 saturated carbocycles. The van der Waals surface area contributed by atoms with Gasteiger partial charge in [-0.2, -0.15) is 13.2 Å². The lowest BCUT2D eigenvalue weighted by Crippen LogP contribution is -2.48. The fraction of sp³-hybridized carbons (Fsp3) is 0.769. The second kappa shape index (κ2) is 5.61. The second-order valence-corrected chi connectivity index (χ2v) is 6.44. The number of thiazole rings is 1. The quantitative estimate of drug-likeness (QED) is 0.925. The normalized spacial score (nSPS) is 21.9. The van der Waals surface area contributed by atoms with Crippen molar-refractivity contribution in [2.75, 3.05) is 13.1 Å². The molecule has 114 valence electrons. The van der Waals surface area contributed by atoms with E-state index in [1.54, 1.807) is 0 Å². The van der Waals surface area contributed by atoms with Crippen molar-refractivity contribution in [3.8, 4) is 0 Å². The van der Waals surface area contributed by atoms with Crippen LogP contribution in [0.15, 0.2) is 6.20 Å². The van der Waals surface area contributed by atoms with E-state index in [0.29, 0.717) is 17.8 Å². The topological polar surface area (TPSA) is 36.4 Å². The van der Waals surface area contributed by atoms with Gasteiger partial charge < -0.3 is 5.11 Å². The van der Waals surface area contributed by atoms with Crippen LogP contribution in [0.5, 0.6) is 0 Å². The van der Waals surface area contributed by atoms with Crippen LogP contribution in [0.3, 0.4) is 0 Å². The monoisotopic (exact) mass is 308 g/mol. The van der Waals surface area contributed by atoms with E-state index in [9.17, 15) is 18.3 Å². The Morgan fingerprint density at radius 2 is 2.00 bits per heavy atom. The minimum absolute atomic E-state index is 0.286. The number of aromatic nitrogens is 1. The number of alkyl halides is 3. The molecule has 1 aromatic heterocycles. The zero-order valence-electron chi connectivity index (χ0n) is 11.6. The Hall–Kier alpha value is -0.660. The van der Waals surface area contributed by atoms with Crippen molar-refractivity contribution in [3.63, 3.8) is 0 Å². The number of hydrogen-bond acceptors (Lipinski definition) is 4. The smallest absolute Gasteiger partial charge is 0.386 e. The lowest BCUT2D eigenvalue weighted by Gasteiger charge is -2.41. The van der Waals surface area contributed by atoms with Gasteiger partial charge in [0.05, 0.1) is 4.88 Å². The molecule has 0 spiro atoms. The van der Waals surface area contributed by atoms with E-state index in [1.807, 2.05) is 13.8 Å². The Balaban J connectivity index is 2.24. The summed E-state index contributed by atoms with van der Waals surface area (Å²) in [5.41, 5.74) is -0.536. The van der Waals surface area contributed by atoms with Crippen LogP contribution in [0.2, 0.25) is 0 Å². The van der Waals surface area contributed by atoms with Gasteiger partial charge in [0.1, 0.15) is 6.10 Å².